The van der Waals surface area contributed by atoms with E-state index in [1.165, 1.54) is 32.1 Å². The molecule has 1 aromatic carbocycles. The predicted molar refractivity (Wildman–Crippen MR) is 81.7 cm³/mol. The second kappa shape index (κ2) is 6.63. The van der Waals surface area contributed by atoms with Crippen LogP contribution >= 0.6 is 0 Å². The van der Waals surface area contributed by atoms with Crippen LogP contribution in [0.4, 0.5) is 19.3 Å². The number of amides is 2. The minimum absolute atomic E-state index is 0.178. The highest BCUT2D eigenvalue weighted by Gasteiger charge is 2.35. The number of anilines is 1. The molecule has 22 heavy (non-hydrogen) atoms. The molecule has 120 valence electrons. The number of likely N-dealkylation sites (tertiary alicyclic amines) is 1. The van der Waals surface area contributed by atoms with E-state index >= 15 is 0 Å². The van der Waals surface area contributed by atoms with Crippen molar-refractivity contribution < 1.29 is 13.6 Å². The van der Waals surface area contributed by atoms with Crippen LogP contribution in [0.2, 0.25) is 0 Å². The maximum atomic E-state index is 13.2. The number of carbonyl (C=O) groups is 1. The Balaban J connectivity index is 1.67. The molecular formula is C17H22F2N2O. The Morgan fingerprint density at radius 3 is 2.36 bits per heavy atom. The Morgan fingerprint density at radius 1 is 1.00 bits per heavy atom. The van der Waals surface area contributed by atoms with Gasteiger partial charge < -0.3 is 10.2 Å². The quantitative estimate of drug-likeness (QED) is 0.854. The highest BCUT2D eigenvalue weighted by atomic mass is 19.1. The largest absolute Gasteiger partial charge is 0.322 e. The van der Waals surface area contributed by atoms with E-state index in [1.807, 2.05) is 4.90 Å². The zero-order valence-corrected chi connectivity index (χ0v) is 12.7. The first-order valence-corrected chi connectivity index (χ1v) is 8.17. The summed E-state index contributed by atoms with van der Waals surface area (Å²) < 4.78 is 26.4. The van der Waals surface area contributed by atoms with Crippen molar-refractivity contribution in [3.05, 3.63) is 29.8 Å². The number of nitrogens with one attached hydrogen (secondary N) is 1. The Bertz CT molecular complexity index is 523. The summed E-state index contributed by atoms with van der Waals surface area (Å²) in [5.41, 5.74) is 0.178. The molecular weight excluding hydrogens is 286 g/mol. The number of nitrogens with zero attached hydrogens (tertiary/aromatic N) is 1. The van der Waals surface area contributed by atoms with Crippen molar-refractivity contribution in [1.82, 2.24) is 4.90 Å². The predicted octanol–water partition coefficient (Wildman–Crippen LogP) is 4.54. The molecule has 1 aliphatic heterocycles. The molecule has 0 radical (unpaired) electrons. The van der Waals surface area contributed by atoms with Crippen LogP contribution in [-0.4, -0.2) is 23.5 Å². The standard InChI is InChI=1S/C17H22F2N2O/c18-13-9-14(19)11-15(10-13)20-17(22)21-8-4-7-16(21)12-5-2-1-3-6-12/h9-12,16H,1-8H2,(H,20,22). The third-order valence-corrected chi connectivity index (χ3v) is 4.87. The molecule has 1 N–H and O–H groups in total. The van der Waals surface area contributed by atoms with Crippen LogP contribution in [0.25, 0.3) is 0 Å². The second-order valence-electron chi connectivity index (χ2n) is 6.39. The smallest absolute Gasteiger partial charge is 0.321 e. The van der Waals surface area contributed by atoms with Gasteiger partial charge in [-0.05, 0) is 43.7 Å². The van der Waals surface area contributed by atoms with Crippen molar-refractivity contribution in [2.24, 2.45) is 5.92 Å². The summed E-state index contributed by atoms with van der Waals surface area (Å²) in [4.78, 5) is 14.3. The molecule has 0 spiro atoms. The Kier molecular flexibility index (Phi) is 4.60. The Labute approximate surface area is 129 Å². The van der Waals surface area contributed by atoms with Crippen LogP contribution in [0.3, 0.4) is 0 Å². The maximum absolute atomic E-state index is 13.2. The number of rotatable bonds is 2. The van der Waals surface area contributed by atoms with E-state index < -0.39 is 11.6 Å². The van der Waals surface area contributed by atoms with Gasteiger partial charge in [0.2, 0.25) is 0 Å². The lowest BCUT2D eigenvalue weighted by Gasteiger charge is -2.34. The van der Waals surface area contributed by atoms with E-state index in [0.717, 1.165) is 37.6 Å². The average Bonchev–Trinajstić information content (AvgIpc) is 2.96. The van der Waals surface area contributed by atoms with Crippen molar-refractivity contribution in [2.45, 2.75) is 51.0 Å². The van der Waals surface area contributed by atoms with Gasteiger partial charge in [-0.2, -0.15) is 0 Å². The molecule has 3 nitrogen and oxygen atoms in total. The lowest BCUT2D eigenvalue weighted by molar-refractivity contribution is 0.166. The molecule has 2 aliphatic rings. The van der Waals surface area contributed by atoms with Crippen LogP contribution in [0, 0.1) is 17.6 Å². The highest BCUT2D eigenvalue weighted by molar-refractivity contribution is 5.89. The molecule has 1 heterocycles. The SMILES string of the molecule is O=C(Nc1cc(F)cc(F)c1)N1CCCC1C1CCCCC1. The average molecular weight is 308 g/mol. The van der Waals surface area contributed by atoms with E-state index in [0.29, 0.717) is 5.92 Å². The highest BCUT2D eigenvalue weighted by Crippen LogP contribution is 2.34. The van der Waals surface area contributed by atoms with Crippen LogP contribution in [0.1, 0.15) is 44.9 Å². The first-order chi connectivity index (χ1) is 10.6. The minimum Gasteiger partial charge on any atom is -0.321 e. The fourth-order valence-corrected chi connectivity index (χ4v) is 3.87. The van der Waals surface area contributed by atoms with Gasteiger partial charge in [-0.3, -0.25) is 0 Å². The summed E-state index contributed by atoms with van der Waals surface area (Å²) >= 11 is 0. The lowest BCUT2D eigenvalue weighted by atomic mass is 9.83. The molecule has 3 rings (SSSR count). The molecule has 0 bridgehead atoms. The Hall–Kier alpha value is -1.65. The number of carbonyl (C=O) groups excluding carboxylic acids is 1. The van der Waals surface area contributed by atoms with Gasteiger partial charge in [-0.1, -0.05) is 19.3 Å². The minimum atomic E-state index is -0.680. The number of hydrogen-bond donors (Lipinski definition) is 1. The van der Waals surface area contributed by atoms with Crippen molar-refractivity contribution in [1.29, 1.82) is 0 Å². The molecule has 0 aromatic heterocycles. The fraction of sp³-hybridized carbons (Fsp3) is 0.588. The molecule has 1 saturated carbocycles. The second-order valence-corrected chi connectivity index (χ2v) is 6.39. The molecule has 1 atom stereocenters. The summed E-state index contributed by atoms with van der Waals surface area (Å²) in [6.45, 7) is 0.727. The summed E-state index contributed by atoms with van der Waals surface area (Å²) in [5, 5.41) is 2.64. The van der Waals surface area contributed by atoms with E-state index in [9.17, 15) is 13.6 Å². The molecule has 1 aliphatic carbocycles. The van der Waals surface area contributed by atoms with Crippen molar-refractivity contribution in [3.63, 3.8) is 0 Å². The molecule has 2 fully saturated rings. The summed E-state index contributed by atoms with van der Waals surface area (Å²) in [6, 6.07) is 3.13. The van der Waals surface area contributed by atoms with Gasteiger partial charge in [0.15, 0.2) is 0 Å². The van der Waals surface area contributed by atoms with Crippen molar-refractivity contribution >= 4 is 11.7 Å². The molecule has 1 aromatic rings. The fourth-order valence-electron chi connectivity index (χ4n) is 3.87. The number of benzene rings is 1. The third kappa shape index (κ3) is 3.39. The summed E-state index contributed by atoms with van der Waals surface area (Å²) in [5.74, 6) is -0.785. The van der Waals surface area contributed by atoms with Crippen molar-refractivity contribution in [2.75, 3.05) is 11.9 Å². The first-order valence-electron chi connectivity index (χ1n) is 8.17. The summed E-state index contributed by atoms with van der Waals surface area (Å²) in [7, 11) is 0. The van der Waals surface area contributed by atoms with Crippen LogP contribution in [0.15, 0.2) is 18.2 Å². The van der Waals surface area contributed by atoms with Crippen LogP contribution in [-0.2, 0) is 0 Å². The third-order valence-electron chi connectivity index (χ3n) is 4.87. The van der Waals surface area contributed by atoms with Gasteiger partial charge in [-0.15, -0.1) is 0 Å². The normalized spacial score (nSPS) is 22.8. The molecule has 5 heteroatoms. The topological polar surface area (TPSA) is 32.3 Å². The van der Waals surface area contributed by atoms with Crippen molar-refractivity contribution in [3.8, 4) is 0 Å². The number of halogens is 2. The zero-order chi connectivity index (χ0) is 15.5. The van der Waals surface area contributed by atoms with Gasteiger partial charge >= 0.3 is 6.03 Å². The number of urea groups is 1. The van der Waals surface area contributed by atoms with Gasteiger partial charge in [0.25, 0.3) is 0 Å². The number of hydrogen-bond acceptors (Lipinski definition) is 1. The van der Waals surface area contributed by atoms with E-state index in [1.54, 1.807) is 0 Å². The Morgan fingerprint density at radius 2 is 1.68 bits per heavy atom. The van der Waals surface area contributed by atoms with Gasteiger partial charge in [0, 0.05) is 24.3 Å². The molecule has 2 amide bonds. The van der Waals surface area contributed by atoms with Crippen LogP contribution < -0.4 is 5.32 Å². The lowest BCUT2D eigenvalue weighted by Crippen LogP contribution is -2.43. The van der Waals surface area contributed by atoms with Gasteiger partial charge in [0.1, 0.15) is 11.6 Å². The van der Waals surface area contributed by atoms with Gasteiger partial charge in [-0.25, -0.2) is 13.6 Å². The zero-order valence-electron chi connectivity index (χ0n) is 12.7. The monoisotopic (exact) mass is 308 g/mol. The van der Waals surface area contributed by atoms with E-state index in [2.05, 4.69) is 5.32 Å². The van der Waals surface area contributed by atoms with E-state index in [4.69, 9.17) is 0 Å². The first kappa shape index (κ1) is 15.3. The molecule has 1 saturated heterocycles. The van der Waals surface area contributed by atoms with Crippen LogP contribution in [0.5, 0.6) is 0 Å². The summed E-state index contributed by atoms with van der Waals surface area (Å²) in [6.07, 6.45) is 8.18. The van der Waals surface area contributed by atoms with Gasteiger partial charge in [0.05, 0.1) is 0 Å². The maximum Gasteiger partial charge on any atom is 0.322 e. The molecule has 1 unspecified atom stereocenters. The van der Waals surface area contributed by atoms with E-state index in [-0.39, 0.29) is 17.8 Å².